The highest BCUT2D eigenvalue weighted by molar-refractivity contribution is 5.56. The number of nitrogens with zero attached hydrogens (tertiary/aromatic N) is 4. The molecule has 4 heteroatoms. The molecule has 4 aromatic carbocycles. The molecule has 168 valence electrons. The normalized spacial score (nSPS) is 21.9. The van der Waals surface area contributed by atoms with Crippen LogP contribution in [0.25, 0.3) is 0 Å². The molecule has 2 atom stereocenters. The minimum absolute atomic E-state index is 0.106. The second kappa shape index (κ2) is 8.01. The zero-order chi connectivity index (χ0) is 22.5. The van der Waals surface area contributed by atoms with E-state index in [1.165, 1.54) is 33.6 Å². The summed E-state index contributed by atoms with van der Waals surface area (Å²) in [5.74, 6) is 0. The number of anilines is 2. The van der Waals surface area contributed by atoms with Crippen LogP contribution < -0.4 is 10.0 Å². The summed E-state index contributed by atoms with van der Waals surface area (Å²) in [4.78, 5) is 0. The molecule has 0 amide bonds. The summed E-state index contributed by atoms with van der Waals surface area (Å²) < 4.78 is 0. The van der Waals surface area contributed by atoms with Gasteiger partial charge in [0, 0.05) is 13.1 Å². The lowest BCUT2D eigenvalue weighted by Crippen LogP contribution is -2.69. The van der Waals surface area contributed by atoms with Crippen molar-refractivity contribution in [1.29, 1.82) is 0 Å². The quantitative estimate of drug-likeness (QED) is 0.378. The topological polar surface area (TPSA) is 13.0 Å². The third-order valence-corrected chi connectivity index (χ3v) is 7.51. The van der Waals surface area contributed by atoms with Gasteiger partial charge in [0.15, 0.2) is 0 Å². The average Bonchev–Trinajstić information content (AvgIpc) is 2.92. The number of benzene rings is 4. The molecule has 3 heterocycles. The summed E-state index contributed by atoms with van der Waals surface area (Å²) in [5, 5.41) is 10.3. The van der Waals surface area contributed by atoms with Gasteiger partial charge in [-0.3, -0.25) is 10.0 Å². The summed E-state index contributed by atoms with van der Waals surface area (Å²) >= 11 is 0. The van der Waals surface area contributed by atoms with Crippen LogP contribution in [0.15, 0.2) is 109 Å². The smallest absolute Gasteiger partial charge is 0.141 e. The first kappa shape index (κ1) is 19.8. The zero-order valence-electron chi connectivity index (χ0n) is 19.2. The van der Waals surface area contributed by atoms with Crippen molar-refractivity contribution in [3.05, 3.63) is 131 Å². The molecule has 0 unspecified atom stereocenters. The summed E-state index contributed by atoms with van der Waals surface area (Å²) in [7, 11) is 0. The van der Waals surface area contributed by atoms with Crippen molar-refractivity contribution in [3.8, 4) is 0 Å². The van der Waals surface area contributed by atoms with Gasteiger partial charge >= 0.3 is 0 Å². The third-order valence-electron chi connectivity index (χ3n) is 7.51. The summed E-state index contributed by atoms with van der Waals surface area (Å²) in [6.45, 7) is 1.96. The van der Waals surface area contributed by atoms with Crippen LogP contribution in [0.4, 0.5) is 11.4 Å². The minimum atomic E-state index is 0.106. The lowest BCUT2D eigenvalue weighted by molar-refractivity contribution is -0.0222. The monoisotopic (exact) mass is 444 g/mol. The Morgan fingerprint density at radius 3 is 1.26 bits per heavy atom. The fourth-order valence-corrected chi connectivity index (χ4v) is 6.05. The average molecular weight is 445 g/mol. The van der Waals surface area contributed by atoms with E-state index in [0.717, 1.165) is 25.9 Å². The first-order valence-corrected chi connectivity index (χ1v) is 12.3. The number of hydrogen-bond donors (Lipinski definition) is 0. The molecule has 1 saturated heterocycles. The molecular formula is C30H28N4. The van der Waals surface area contributed by atoms with Crippen LogP contribution in [0.2, 0.25) is 0 Å². The Morgan fingerprint density at radius 2 is 0.824 bits per heavy atom. The van der Waals surface area contributed by atoms with Crippen LogP contribution in [0.1, 0.15) is 34.6 Å². The highest BCUT2D eigenvalue weighted by Crippen LogP contribution is 2.49. The Bertz CT molecular complexity index is 1200. The molecule has 0 aromatic heterocycles. The van der Waals surface area contributed by atoms with Gasteiger partial charge < -0.3 is 0 Å². The molecule has 0 aliphatic carbocycles. The molecule has 1 fully saturated rings. The molecule has 4 aromatic rings. The molecule has 0 radical (unpaired) electrons. The molecular weight excluding hydrogens is 416 g/mol. The Morgan fingerprint density at radius 1 is 0.441 bits per heavy atom. The maximum absolute atomic E-state index is 2.61. The highest BCUT2D eigenvalue weighted by atomic mass is 15.9. The van der Waals surface area contributed by atoms with Gasteiger partial charge in [0.25, 0.3) is 0 Å². The van der Waals surface area contributed by atoms with Gasteiger partial charge in [-0.05, 0) is 59.4 Å². The van der Waals surface area contributed by atoms with Gasteiger partial charge in [0.05, 0.1) is 11.4 Å². The third kappa shape index (κ3) is 2.99. The first-order valence-electron chi connectivity index (χ1n) is 12.3. The van der Waals surface area contributed by atoms with Crippen LogP contribution in [0.5, 0.6) is 0 Å². The van der Waals surface area contributed by atoms with E-state index in [9.17, 15) is 0 Å². The lowest BCUT2D eigenvalue weighted by Gasteiger charge is -2.62. The number of para-hydroxylation sites is 2. The summed E-state index contributed by atoms with van der Waals surface area (Å²) in [6.07, 6.45) is 2.31. The van der Waals surface area contributed by atoms with E-state index in [0.29, 0.717) is 0 Å². The van der Waals surface area contributed by atoms with E-state index >= 15 is 0 Å². The van der Waals surface area contributed by atoms with E-state index in [2.05, 4.69) is 129 Å². The van der Waals surface area contributed by atoms with Crippen molar-refractivity contribution < 1.29 is 0 Å². The lowest BCUT2D eigenvalue weighted by atomic mass is 9.93. The van der Waals surface area contributed by atoms with Crippen molar-refractivity contribution in [2.24, 2.45) is 0 Å². The van der Waals surface area contributed by atoms with Gasteiger partial charge in [-0.15, -0.1) is 0 Å². The molecule has 3 aliphatic heterocycles. The van der Waals surface area contributed by atoms with Crippen molar-refractivity contribution in [3.63, 3.8) is 0 Å². The standard InChI is InChI=1S/C30H28N4/c1-3-13-25(14-4-1)33-29-27-17-9-7-11-23(27)20-22-32(29)34(26-15-5-2-6-16-26)30-28-18-10-8-12-24(28)19-21-31(30)33/h1-18,29-30H,19-22H2/t29-,30-/m0/s1. The Balaban J connectivity index is 1.48. The van der Waals surface area contributed by atoms with Crippen LogP contribution in [-0.2, 0) is 12.8 Å². The second-order valence-electron chi connectivity index (χ2n) is 9.33. The van der Waals surface area contributed by atoms with E-state index < -0.39 is 0 Å². The van der Waals surface area contributed by atoms with Crippen LogP contribution in [0.3, 0.4) is 0 Å². The van der Waals surface area contributed by atoms with Gasteiger partial charge in [-0.25, -0.2) is 0 Å². The van der Waals surface area contributed by atoms with E-state index in [1.807, 2.05) is 0 Å². The largest absolute Gasteiger partial charge is 0.280 e. The van der Waals surface area contributed by atoms with Crippen LogP contribution in [-0.4, -0.2) is 23.1 Å². The maximum Gasteiger partial charge on any atom is 0.141 e. The highest BCUT2D eigenvalue weighted by Gasteiger charge is 2.50. The van der Waals surface area contributed by atoms with Crippen LogP contribution in [0, 0.1) is 0 Å². The predicted octanol–water partition coefficient (Wildman–Crippen LogP) is 5.96. The van der Waals surface area contributed by atoms with Crippen molar-refractivity contribution >= 4 is 11.4 Å². The minimum Gasteiger partial charge on any atom is -0.280 e. The molecule has 0 spiro atoms. The summed E-state index contributed by atoms with van der Waals surface area (Å²) in [6, 6.07) is 39.9. The fourth-order valence-electron chi connectivity index (χ4n) is 6.05. The van der Waals surface area contributed by atoms with E-state index in [4.69, 9.17) is 0 Å². The predicted molar refractivity (Wildman–Crippen MR) is 137 cm³/mol. The Hall–Kier alpha value is -3.60. The molecule has 4 nitrogen and oxygen atoms in total. The van der Waals surface area contributed by atoms with Crippen molar-refractivity contribution in [1.82, 2.24) is 10.0 Å². The second-order valence-corrected chi connectivity index (χ2v) is 9.33. The fraction of sp³-hybridized carbons (Fsp3) is 0.200. The zero-order valence-corrected chi connectivity index (χ0v) is 19.2. The molecule has 0 saturated carbocycles. The van der Waals surface area contributed by atoms with Crippen molar-refractivity contribution in [2.45, 2.75) is 25.2 Å². The molecule has 7 rings (SSSR count). The maximum atomic E-state index is 2.61. The number of hydrogen-bond acceptors (Lipinski definition) is 4. The molecule has 3 aliphatic rings. The SMILES string of the molecule is c1ccc(N2[C@H]3c4ccccc4CCN3N(c3ccccc3)[C@H]3c4ccccc4CCN32)cc1. The number of rotatable bonds is 2. The van der Waals surface area contributed by atoms with E-state index in [1.54, 1.807) is 0 Å². The number of fused-ring (bicyclic) bond motifs is 6. The van der Waals surface area contributed by atoms with E-state index in [-0.39, 0.29) is 12.3 Å². The molecule has 0 bridgehead atoms. The van der Waals surface area contributed by atoms with Gasteiger partial charge in [0.1, 0.15) is 12.3 Å². The summed E-state index contributed by atoms with van der Waals surface area (Å²) in [5.41, 5.74) is 8.19. The molecule has 0 N–H and O–H groups in total. The van der Waals surface area contributed by atoms with Crippen LogP contribution >= 0.6 is 0 Å². The van der Waals surface area contributed by atoms with Crippen molar-refractivity contribution in [2.75, 3.05) is 23.1 Å². The van der Waals surface area contributed by atoms with Gasteiger partial charge in [0.2, 0.25) is 0 Å². The Kier molecular flexibility index (Phi) is 4.67. The first-order chi connectivity index (χ1) is 16.9. The van der Waals surface area contributed by atoms with Gasteiger partial charge in [-0.2, -0.15) is 10.0 Å². The van der Waals surface area contributed by atoms with Gasteiger partial charge in [-0.1, -0.05) is 84.9 Å². The number of hydrazine groups is 2. The molecule has 34 heavy (non-hydrogen) atoms. The Labute approximate surface area is 201 Å².